The van der Waals surface area contributed by atoms with Crippen molar-refractivity contribution in [2.24, 2.45) is 5.92 Å². The van der Waals surface area contributed by atoms with E-state index in [1.807, 2.05) is 0 Å². The van der Waals surface area contributed by atoms with Crippen LogP contribution in [-0.4, -0.2) is 58.9 Å². The molecule has 1 aromatic heterocycles. The molecule has 4 aliphatic heterocycles. The van der Waals surface area contributed by atoms with Gasteiger partial charge in [0.15, 0.2) is 0 Å². The fraction of sp³-hybridized carbons (Fsp3) is 0.536. The van der Waals surface area contributed by atoms with Crippen molar-refractivity contribution in [1.82, 2.24) is 14.8 Å². The smallest absolute Gasteiger partial charge is 0.313 e. The molecule has 37 heavy (non-hydrogen) atoms. The summed E-state index contributed by atoms with van der Waals surface area (Å²) in [6, 6.07) is 6.20. The number of nitrogen functional groups attached to an aromatic ring is 1. The quantitative estimate of drug-likeness (QED) is 0.604. The number of amides is 2. The van der Waals surface area contributed by atoms with E-state index < -0.39 is 11.8 Å². The van der Waals surface area contributed by atoms with Gasteiger partial charge in [-0.25, -0.2) is 4.98 Å². The summed E-state index contributed by atoms with van der Waals surface area (Å²) in [6.45, 7) is 5.43. The van der Waals surface area contributed by atoms with Crippen LogP contribution in [-0.2, 0) is 34.0 Å². The van der Waals surface area contributed by atoms with Crippen molar-refractivity contribution in [3.8, 4) is 5.75 Å². The third-order valence-electron chi connectivity index (χ3n) is 8.56. The number of carbonyl (C=O) groups is 2. The van der Waals surface area contributed by atoms with Crippen molar-refractivity contribution in [2.75, 3.05) is 37.7 Å². The molecule has 2 aromatic rings. The fourth-order valence-electron chi connectivity index (χ4n) is 6.27. The molecule has 0 bridgehead atoms. The number of likely N-dealkylation sites (tertiary alicyclic amines) is 2. The number of benzene rings is 1. The van der Waals surface area contributed by atoms with Gasteiger partial charge in [0.05, 0.1) is 31.1 Å². The number of carbonyl (C=O) groups excluding carboxylic acids is 2. The minimum absolute atomic E-state index is 0.110. The van der Waals surface area contributed by atoms with Gasteiger partial charge in [-0.05, 0) is 43.0 Å². The number of rotatable bonds is 2. The molecule has 2 unspecified atom stereocenters. The van der Waals surface area contributed by atoms with Gasteiger partial charge in [0, 0.05) is 50.0 Å². The van der Waals surface area contributed by atoms with Crippen LogP contribution in [0, 0.1) is 5.92 Å². The number of nitrogens with two attached hydrogens (primary N) is 1. The molecule has 0 radical (unpaired) electrons. The van der Waals surface area contributed by atoms with E-state index in [2.05, 4.69) is 47.4 Å². The molecule has 196 valence electrons. The molecular weight excluding hydrogens is 470 g/mol. The standard InChI is InChI=1S/C28H35N5O4/c1-17-3-6-23(18-4-5-19-12-28(37-24(19)11-18)7-9-32(2)10-8-28)33(14-17)27(35)26(34)31-22-13-30-25(29)21-16-36-15-20(21)22/h4-5,11,13,17,23H,3,6-10,12,14-16H2,1-2H3,(H2,29,30)(H,31,34). The molecule has 1 aromatic carbocycles. The van der Waals surface area contributed by atoms with Crippen LogP contribution in [0.4, 0.5) is 11.5 Å². The monoisotopic (exact) mass is 505 g/mol. The Hall–Kier alpha value is -3.17. The Morgan fingerprint density at radius 1 is 1.16 bits per heavy atom. The number of aromatic nitrogens is 1. The van der Waals surface area contributed by atoms with E-state index >= 15 is 0 Å². The van der Waals surface area contributed by atoms with Crippen LogP contribution < -0.4 is 15.8 Å². The Kier molecular flexibility index (Phi) is 6.07. The van der Waals surface area contributed by atoms with Crippen molar-refractivity contribution >= 4 is 23.3 Å². The minimum Gasteiger partial charge on any atom is -0.487 e. The molecular formula is C28H35N5O4. The summed E-state index contributed by atoms with van der Waals surface area (Å²) in [7, 11) is 2.16. The second-order valence-electron chi connectivity index (χ2n) is 11.2. The Bertz CT molecular complexity index is 1240. The molecule has 9 heteroatoms. The highest BCUT2D eigenvalue weighted by molar-refractivity contribution is 6.39. The second kappa shape index (κ2) is 9.29. The topological polar surface area (TPSA) is 110 Å². The zero-order chi connectivity index (χ0) is 25.7. The number of pyridine rings is 1. The highest BCUT2D eigenvalue weighted by atomic mass is 16.5. The van der Waals surface area contributed by atoms with Crippen LogP contribution in [0.5, 0.6) is 5.75 Å². The largest absolute Gasteiger partial charge is 0.487 e. The Morgan fingerprint density at radius 2 is 1.95 bits per heavy atom. The first-order chi connectivity index (χ1) is 17.8. The van der Waals surface area contributed by atoms with Crippen LogP contribution in [0.1, 0.15) is 60.9 Å². The number of hydrogen-bond donors (Lipinski definition) is 2. The number of nitrogens with one attached hydrogen (secondary N) is 1. The molecule has 5 heterocycles. The maximum absolute atomic E-state index is 13.5. The molecule has 9 nitrogen and oxygen atoms in total. The lowest BCUT2D eigenvalue weighted by atomic mass is 9.86. The van der Waals surface area contributed by atoms with E-state index in [1.165, 1.54) is 11.8 Å². The van der Waals surface area contributed by atoms with Gasteiger partial charge in [-0.15, -0.1) is 0 Å². The number of piperidine rings is 2. The van der Waals surface area contributed by atoms with Gasteiger partial charge in [-0.2, -0.15) is 0 Å². The summed E-state index contributed by atoms with van der Waals surface area (Å²) in [4.78, 5) is 34.9. The number of ether oxygens (including phenoxy) is 2. The lowest BCUT2D eigenvalue weighted by Gasteiger charge is -2.39. The van der Waals surface area contributed by atoms with Gasteiger partial charge >= 0.3 is 11.8 Å². The molecule has 1 spiro atoms. The van der Waals surface area contributed by atoms with Crippen LogP contribution in [0.25, 0.3) is 0 Å². The van der Waals surface area contributed by atoms with Crippen molar-refractivity contribution in [3.05, 3.63) is 46.6 Å². The molecule has 2 fully saturated rings. The summed E-state index contributed by atoms with van der Waals surface area (Å²) in [5.74, 6) is 0.442. The van der Waals surface area contributed by atoms with Crippen LogP contribution in [0.15, 0.2) is 24.4 Å². The molecule has 6 rings (SSSR count). The van der Waals surface area contributed by atoms with Gasteiger partial charge < -0.3 is 30.3 Å². The Balaban J connectivity index is 1.21. The van der Waals surface area contributed by atoms with Gasteiger partial charge in [-0.1, -0.05) is 19.1 Å². The predicted octanol–water partition coefficient (Wildman–Crippen LogP) is 3.03. The molecule has 4 aliphatic rings. The van der Waals surface area contributed by atoms with Gasteiger partial charge in [0.1, 0.15) is 17.2 Å². The zero-order valence-electron chi connectivity index (χ0n) is 21.6. The van der Waals surface area contributed by atoms with Gasteiger partial charge in [-0.3, -0.25) is 9.59 Å². The van der Waals surface area contributed by atoms with E-state index in [9.17, 15) is 9.59 Å². The van der Waals surface area contributed by atoms with E-state index in [0.717, 1.165) is 67.6 Å². The van der Waals surface area contributed by atoms with E-state index in [0.29, 0.717) is 37.2 Å². The molecule has 2 amide bonds. The first kappa shape index (κ1) is 24.2. The lowest BCUT2D eigenvalue weighted by Crippen LogP contribution is -2.46. The van der Waals surface area contributed by atoms with Crippen molar-refractivity contribution in [2.45, 2.75) is 63.9 Å². The number of nitrogens with zero attached hydrogens (tertiary/aromatic N) is 3. The molecule has 0 saturated carbocycles. The lowest BCUT2D eigenvalue weighted by molar-refractivity contribution is -0.146. The molecule has 2 atom stereocenters. The Morgan fingerprint density at radius 3 is 2.76 bits per heavy atom. The number of hydrogen-bond acceptors (Lipinski definition) is 7. The summed E-state index contributed by atoms with van der Waals surface area (Å²) in [5.41, 5.74) is 10.1. The average molecular weight is 506 g/mol. The fourth-order valence-corrected chi connectivity index (χ4v) is 6.27. The highest BCUT2D eigenvalue weighted by Crippen LogP contribution is 2.43. The van der Waals surface area contributed by atoms with Gasteiger partial charge in [0.2, 0.25) is 0 Å². The predicted molar refractivity (Wildman–Crippen MR) is 139 cm³/mol. The van der Waals surface area contributed by atoms with Crippen molar-refractivity contribution in [3.63, 3.8) is 0 Å². The third-order valence-corrected chi connectivity index (χ3v) is 8.56. The second-order valence-corrected chi connectivity index (χ2v) is 11.2. The van der Waals surface area contributed by atoms with E-state index in [4.69, 9.17) is 15.2 Å². The van der Waals surface area contributed by atoms with Crippen molar-refractivity contribution in [1.29, 1.82) is 0 Å². The van der Waals surface area contributed by atoms with E-state index in [1.54, 1.807) is 4.90 Å². The first-order valence-electron chi connectivity index (χ1n) is 13.3. The van der Waals surface area contributed by atoms with Crippen LogP contribution in [0.2, 0.25) is 0 Å². The summed E-state index contributed by atoms with van der Waals surface area (Å²) < 4.78 is 12.1. The van der Waals surface area contributed by atoms with E-state index in [-0.39, 0.29) is 11.6 Å². The number of fused-ring (bicyclic) bond motifs is 2. The maximum atomic E-state index is 13.5. The maximum Gasteiger partial charge on any atom is 0.313 e. The van der Waals surface area contributed by atoms with Gasteiger partial charge in [0.25, 0.3) is 0 Å². The Labute approximate surface area is 217 Å². The average Bonchev–Trinajstić information content (AvgIpc) is 3.52. The number of anilines is 2. The molecule has 2 saturated heterocycles. The minimum atomic E-state index is -0.664. The zero-order valence-corrected chi connectivity index (χ0v) is 21.6. The van der Waals surface area contributed by atoms with Crippen LogP contribution in [0.3, 0.4) is 0 Å². The highest BCUT2D eigenvalue weighted by Gasteiger charge is 2.42. The molecule has 3 N–H and O–H groups in total. The van der Waals surface area contributed by atoms with Crippen LogP contribution >= 0.6 is 0 Å². The third kappa shape index (κ3) is 4.44. The first-order valence-corrected chi connectivity index (χ1v) is 13.3. The summed E-state index contributed by atoms with van der Waals surface area (Å²) in [6.07, 6.45) is 6.29. The summed E-state index contributed by atoms with van der Waals surface area (Å²) in [5, 5.41) is 2.78. The SMILES string of the molecule is CC1CCC(c2ccc3c(c2)OC2(CCN(C)CC2)C3)N(C(=O)C(=O)Nc2cnc(N)c3c2COC3)C1. The normalized spacial score (nSPS) is 24.4. The summed E-state index contributed by atoms with van der Waals surface area (Å²) >= 11 is 0. The van der Waals surface area contributed by atoms with Crippen molar-refractivity contribution < 1.29 is 19.1 Å². The molecule has 0 aliphatic carbocycles.